The SMILES string of the molecule is C1CCOC1.CC(C)(O)Cc1cc2nc(N)c(N3CCC(Cc4ccc(F)cc4F)CC3)nc2cn1. The molecule has 3 N–H and O–H groups in total. The molecule has 0 amide bonds. The molecule has 36 heavy (non-hydrogen) atoms. The quantitative estimate of drug-likeness (QED) is 0.535. The third kappa shape index (κ3) is 7.07. The first-order valence-electron chi connectivity index (χ1n) is 12.6. The molecule has 7 nitrogen and oxygen atoms in total. The summed E-state index contributed by atoms with van der Waals surface area (Å²) in [7, 11) is 0. The lowest BCUT2D eigenvalue weighted by molar-refractivity contribution is 0.0800. The van der Waals surface area contributed by atoms with Crippen LogP contribution < -0.4 is 10.6 Å². The Morgan fingerprint density at radius 1 is 1.08 bits per heavy atom. The van der Waals surface area contributed by atoms with Gasteiger partial charge in [0.05, 0.1) is 17.3 Å². The third-order valence-corrected chi connectivity index (χ3v) is 6.49. The van der Waals surface area contributed by atoms with Gasteiger partial charge in [0.25, 0.3) is 0 Å². The monoisotopic (exact) mass is 499 g/mol. The number of benzene rings is 1. The summed E-state index contributed by atoms with van der Waals surface area (Å²) >= 11 is 0. The number of nitrogens with two attached hydrogens (primary N) is 1. The Labute approximate surface area is 210 Å². The predicted octanol–water partition coefficient (Wildman–Crippen LogP) is 4.45. The van der Waals surface area contributed by atoms with Crippen LogP contribution in [0.2, 0.25) is 0 Å². The van der Waals surface area contributed by atoms with E-state index in [1.165, 1.54) is 25.0 Å². The van der Waals surface area contributed by atoms with Gasteiger partial charge in [-0.3, -0.25) is 4.98 Å². The second-order valence-corrected chi connectivity index (χ2v) is 10.3. The molecule has 2 aliphatic rings. The fourth-order valence-corrected chi connectivity index (χ4v) is 4.64. The molecule has 1 aromatic carbocycles. The van der Waals surface area contributed by atoms with E-state index < -0.39 is 17.2 Å². The molecule has 2 saturated heterocycles. The number of ether oxygens (including phenoxy) is 1. The van der Waals surface area contributed by atoms with E-state index >= 15 is 0 Å². The van der Waals surface area contributed by atoms with E-state index in [0.29, 0.717) is 47.0 Å². The number of hydrogen-bond donors (Lipinski definition) is 2. The fraction of sp³-hybridized carbons (Fsp3) is 0.519. The van der Waals surface area contributed by atoms with E-state index in [-0.39, 0.29) is 0 Å². The Bertz CT molecular complexity index is 1170. The van der Waals surface area contributed by atoms with Gasteiger partial charge in [-0.1, -0.05) is 6.07 Å². The zero-order chi connectivity index (χ0) is 25.7. The Morgan fingerprint density at radius 3 is 2.42 bits per heavy atom. The van der Waals surface area contributed by atoms with Crippen LogP contribution >= 0.6 is 0 Å². The van der Waals surface area contributed by atoms with Crippen molar-refractivity contribution in [2.75, 3.05) is 36.9 Å². The minimum absolute atomic E-state index is 0.317. The highest BCUT2D eigenvalue weighted by Crippen LogP contribution is 2.29. The van der Waals surface area contributed by atoms with Gasteiger partial charge in [-0.2, -0.15) is 0 Å². The molecule has 0 unspecified atom stereocenters. The van der Waals surface area contributed by atoms with Crippen LogP contribution in [0.1, 0.15) is 50.8 Å². The van der Waals surface area contributed by atoms with E-state index in [9.17, 15) is 13.9 Å². The average Bonchev–Trinajstić information content (AvgIpc) is 3.40. The maximum Gasteiger partial charge on any atom is 0.172 e. The number of nitrogens with zero attached hydrogens (tertiary/aromatic N) is 4. The van der Waals surface area contributed by atoms with Gasteiger partial charge in [0, 0.05) is 44.5 Å². The first-order chi connectivity index (χ1) is 17.2. The largest absolute Gasteiger partial charge is 0.390 e. The molecular formula is C27H35F2N5O2. The molecule has 9 heteroatoms. The minimum atomic E-state index is -0.860. The summed E-state index contributed by atoms with van der Waals surface area (Å²) in [4.78, 5) is 15.7. The van der Waals surface area contributed by atoms with Gasteiger partial charge in [0.15, 0.2) is 11.6 Å². The molecule has 4 heterocycles. The molecular weight excluding hydrogens is 464 g/mol. The number of halogens is 2. The zero-order valence-corrected chi connectivity index (χ0v) is 21.0. The van der Waals surface area contributed by atoms with Gasteiger partial charge >= 0.3 is 0 Å². The van der Waals surface area contributed by atoms with E-state index in [0.717, 1.165) is 50.9 Å². The van der Waals surface area contributed by atoms with Gasteiger partial charge in [-0.05, 0) is 69.6 Å². The number of anilines is 2. The summed E-state index contributed by atoms with van der Waals surface area (Å²) in [5, 5.41) is 10.0. The van der Waals surface area contributed by atoms with Gasteiger partial charge in [-0.25, -0.2) is 18.7 Å². The molecule has 5 rings (SSSR count). The predicted molar refractivity (Wildman–Crippen MR) is 137 cm³/mol. The summed E-state index contributed by atoms with van der Waals surface area (Å²) < 4.78 is 32.0. The molecule has 3 aromatic rings. The van der Waals surface area contributed by atoms with Crippen molar-refractivity contribution in [2.45, 2.75) is 58.0 Å². The highest BCUT2D eigenvalue weighted by Gasteiger charge is 2.24. The van der Waals surface area contributed by atoms with Crippen molar-refractivity contribution in [3.05, 3.63) is 53.4 Å². The third-order valence-electron chi connectivity index (χ3n) is 6.49. The van der Waals surface area contributed by atoms with Crippen LogP contribution in [0.3, 0.4) is 0 Å². The average molecular weight is 500 g/mol. The molecule has 194 valence electrons. The Hall–Kier alpha value is -2.91. The highest BCUT2D eigenvalue weighted by atomic mass is 19.1. The topological polar surface area (TPSA) is 97.4 Å². The fourth-order valence-electron chi connectivity index (χ4n) is 4.64. The second kappa shape index (κ2) is 11.4. The molecule has 0 aliphatic carbocycles. The van der Waals surface area contributed by atoms with Crippen LogP contribution in [0.5, 0.6) is 0 Å². The van der Waals surface area contributed by atoms with Crippen LogP contribution in [0.4, 0.5) is 20.4 Å². The number of fused-ring (bicyclic) bond motifs is 1. The van der Waals surface area contributed by atoms with Crippen LogP contribution in [-0.4, -0.2) is 52.0 Å². The van der Waals surface area contributed by atoms with Gasteiger partial charge in [0.2, 0.25) is 0 Å². The number of pyridine rings is 1. The summed E-state index contributed by atoms with van der Waals surface area (Å²) in [6.45, 7) is 6.94. The summed E-state index contributed by atoms with van der Waals surface area (Å²) in [6, 6.07) is 5.59. The maximum atomic E-state index is 14.0. The van der Waals surface area contributed by atoms with Crippen molar-refractivity contribution in [3.63, 3.8) is 0 Å². The number of hydrogen-bond acceptors (Lipinski definition) is 7. The number of aromatic nitrogens is 3. The summed E-state index contributed by atoms with van der Waals surface area (Å²) in [5.41, 5.74) is 7.94. The summed E-state index contributed by atoms with van der Waals surface area (Å²) in [5.74, 6) is 0.274. The Kier molecular flexibility index (Phi) is 8.31. The van der Waals surface area contributed by atoms with E-state index in [4.69, 9.17) is 10.5 Å². The van der Waals surface area contributed by atoms with Gasteiger partial charge in [0.1, 0.15) is 17.2 Å². The Morgan fingerprint density at radius 2 is 1.81 bits per heavy atom. The smallest absolute Gasteiger partial charge is 0.172 e. The standard InChI is InChI=1S/C23H27F2N5O.C4H8O/c1-23(2,31)12-17-11-19-20(13-27-17)29-22(21(26)28-19)30-7-5-14(6-8-30)9-15-3-4-16(24)10-18(15)25;1-2-4-5-3-1/h3-4,10-11,13-14,31H,5-9,12H2,1-2H3,(H2,26,28);1-4H2. The number of aliphatic hydroxyl groups is 1. The van der Waals surface area contributed by atoms with Crippen molar-refractivity contribution < 1.29 is 18.6 Å². The normalized spacial score (nSPS) is 16.8. The number of piperidine rings is 1. The van der Waals surface area contributed by atoms with Crippen LogP contribution in [0, 0.1) is 17.6 Å². The molecule has 2 aliphatic heterocycles. The van der Waals surface area contributed by atoms with Crippen LogP contribution in [-0.2, 0) is 17.6 Å². The van der Waals surface area contributed by atoms with Gasteiger partial charge in [-0.15, -0.1) is 0 Å². The highest BCUT2D eigenvalue weighted by molar-refractivity contribution is 5.79. The maximum absolute atomic E-state index is 14.0. The molecule has 0 bridgehead atoms. The second-order valence-electron chi connectivity index (χ2n) is 10.3. The molecule has 2 fully saturated rings. The molecule has 2 aromatic heterocycles. The lowest BCUT2D eigenvalue weighted by Crippen LogP contribution is -2.35. The zero-order valence-electron chi connectivity index (χ0n) is 21.0. The lowest BCUT2D eigenvalue weighted by Gasteiger charge is -2.33. The van der Waals surface area contributed by atoms with Crippen molar-refractivity contribution >= 4 is 22.7 Å². The van der Waals surface area contributed by atoms with E-state index in [2.05, 4.69) is 19.9 Å². The molecule has 0 atom stereocenters. The van der Waals surface area contributed by atoms with Crippen molar-refractivity contribution in [3.8, 4) is 0 Å². The van der Waals surface area contributed by atoms with Crippen molar-refractivity contribution in [2.24, 2.45) is 5.92 Å². The van der Waals surface area contributed by atoms with Crippen molar-refractivity contribution in [1.82, 2.24) is 15.0 Å². The number of nitrogen functional groups attached to an aromatic ring is 1. The molecule has 0 radical (unpaired) electrons. The van der Waals surface area contributed by atoms with E-state index in [1.54, 1.807) is 20.0 Å². The van der Waals surface area contributed by atoms with Gasteiger partial charge < -0.3 is 20.5 Å². The number of rotatable bonds is 5. The van der Waals surface area contributed by atoms with Crippen LogP contribution in [0.15, 0.2) is 30.5 Å². The van der Waals surface area contributed by atoms with Crippen LogP contribution in [0.25, 0.3) is 11.0 Å². The van der Waals surface area contributed by atoms with Crippen molar-refractivity contribution in [1.29, 1.82) is 0 Å². The Balaban J connectivity index is 0.000000543. The summed E-state index contributed by atoms with van der Waals surface area (Å²) in [6.07, 6.45) is 6.94. The minimum Gasteiger partial charge on any atom is -0.390 e. The molecule has 0 saturated carbocycles. The molecule has 0 spiro atoms. The lowest BCUT2D eigenvalue weighted by atomic mass is 9.90. The van der Waals surface area contributed by atoms with E-state index in [1.807, 2.05) is 6.07 Å². The first kappa shape index (κ1) is 26.2. The first-order valence-corrected chi connectivity index (χ1v) is 12.6.